The maximum absolute atomic E-state index is 13.5. The van der Waals surface area contributed by atoms with Crippen LogP contribution in [0.1, 0.15) is 36.0 Å². The highest BCUT2D eigenvalue weighted by atomic mass is 16.6. The number of fused-ring (bicyclic) bond motifs is 4. The van der Waals surface area contributed by atoms with Crippen molar-refractivity contribution in [2.24, 2.45) is 0 Å². The number of methoxy groups -OCH3 is 1. The first-order valence-corrected chi connectivity index (χ1v) is 16.3. The van der Waals surface area contributed by atoms with Gasteiger partial charge < -0.3 is 19.7 Å². The Hall–Kier alpha value is -4.88. The van der Waals surface area contributed by atoms with Crippen LogP contribution in [0.25, 0.3) is 22.0 Å². The Kier molecular flexibility index (Phi) is 8.57. The van der Waals surface area contributed by atoms with Gasteiger partial charge in [0, 0.05) is 49.2 Å². The molecule has 7 nitrogen and oxygen atoms in total. The van der Waals surface area contributed by atoms with E-state index in [2.05, 4.69) is 81.8 Å². The molecule has 2 heterocycles. The Bertz CT molecular complexity index is 1790. The molecule has 7 heteroatoms. The van der Waals surface area contributed by atoms with Crippen molar-refractivity contribution in [1.29, 1.82) is 0 Å². The molecule has 7 rings (SSSR count). The van der Waals surface area contributed by atoms with Gasteiger partial charge in [0.2, 0.25) is 0 Å². The van der Waals surface area contributed by atoms with Gasteiger partial charge in [-0.2, -0.15) is 0 Å². The largest absolute Gasteiger partial charge is 0.497 e. The number of carbonyl (C=O) groups is 1. The van der Waals surface area contributed by atoms with Crippen LogP contribution >= 0.6 is 0 Å². The number of hydrogen-bond acceptors (Lipinski definition) is 6. The summed E-state index contributed by atoms with van der Waals surface area (Å²) in [6.45, 7) is 5.32. The Morgan fingerprint density at radius 2 is 1.52 bits per heavy atom. The third-order valence-corrected chi connectivity index (χ3v) is 9.39. The molecule has 0 radical (unpaired) electrons. The van der Waals surface area contributed by atoms with Crippen molar-refractivity contribution >= 4 is 22.8 Å². The Morgan fingerprint density at radius 3 is 2.28 bits per heavy atom. The second-order valence-corrected chi connectivity index (χ2v) is 12.2. The number of carbonyl (C=O) groups excluding carboxylic acids is 1. The number of alkyl carbamates (subject to hydrolysis) is 1. The van der Waals surface area contributed by atoms with Crippen molar-refractivity contribution in [2.45, 2.75) is 31.4 Å². The van der Waals surface area contributed by atoms with E-state index in [1.807, 2.05) is 42.5 Å². The van der Waals surface area contributed by atoms with Crippen molar-refractivity contribution in [3.05, 3.63) is 126 Å². The van der Waals surface area contributed by atoms with E-state index in [0.717, 1.165) is 90.5 Å². The molecule has 1 fully saturated rings. The lowest BCUT2D eigenvalue weighted by molar-refractivity contribution is 0.0325. The van der Waals surface area contributed by atoms with Crippen molar-refractivity contribution in [3.8, 4) is 16.9 Å². The van der Waals surface area contributed by atoms with E-state index >= 15 is 0 Å². The first kappa shape index (κ1) is 29.8. The Balaban J connectivity index is 1.01. The zero-order chi connectivity index (χ0) is 31.3. The number of anilines is 1. The lowest BCUT2D eigenvalue weighted by Crippen LogP contribution is -2.47. The lowest BCUT2D eigenvalue weighted by atomic mass is 9.86. The van der Waals surface area contributed by atoms with Crippen molar-refractivity contribution in [1.82, 2.24) is 15.2 Å². The fraction of sp³-hybridized carbons (Fsp3) is 0.282. The van der Waals surface area contributed by atoms with Gasteiger partial charge in [0.15, 0.2) is 5.60 Å². The minimum absolute atomic E-state index is 0.357. The summed E-state index contributed by atoms with van der Waals surface area (Å²) < 4.78 is 11.9. The summed E-state index contributed by atoms with van der Waals surface area (Å²) in [5.74, 6) is 1.82. The van der Waals surface area contributed by atoms with Crippen LogP contribution in [0.5, 0.6) is 5.75 Å². The van der Waals surface area contributed by atoms with E-state index in [0.29, 0.717) is 13.0 Å². The third-order valence-electron chi connectivity index (χ3n) is 9.39. The SMILES string of the molecule is COc1cccc(CNC(=O)OC2(CCCCN3CCN(c4ccc5ccccc5n4)CC3)c3ccccc3-c3ccccc32)c1. The number of unbranched alkanes of at least 4 members (excludes halogenated alkanes) is 1. The second-order valence-electron chi connectivity index (χ2n) is 12.2. The van der Waals surface area contributed by atoms with Crippen LogP contribution in [0.2, 0.25) is 0 Å². The Morgan fingerprint density at radius 1 is 0.804 bits per heavy atom. The van der Waals surface area contributed by atoms with Crippen LogP contribution in [0.4, 0.5) is 10.6 Å². The molecule has 1 aromatic heterocycles. The number of benzene rings is 4. The number of rotatable bonds is 10. The summed E-state index contributed by atoms with van der Waals surface area (Å²) >= 11 is 0. The summed E-state index contributed by atoms with van der Waals surface area (Å²) in [4.78, 5) is 23.3. The molecule has 0 saturated carbocycles. The molecule has 1 amide bonds. The quantitative estimate of drug-likeness (QED) is 0.166. The molecular weight excluding hydrogens is 572 g/mol. The second kappa shape index (κ2) is 13.2. The maximum Gasteiger partial charge on any atom is 0.408 e. The minimum atomic E-state index is -0.841. The molecule has 0 unspecified atom stereocenters. The summed E-state index contributed by atoms with van der Waals surface area (Å²) in [5.41, 5.74) is 5.55. The predicted molar refractivity (Wildman–Crippen MR) is 183 cm³/mol. The third kappa shape index (κ3) is 6.03. The fourth-order valence-electron chi connectivity index (χ4n) is 7.01. The molecular formula is C39H40N4O3. The van der Waals surface area contributed by atoms with Crippen LogP contribution in [0.3, 0.4) is 0 Å². The van der Waals surface area contributed by atoms with Gasteiger partial charge in [-0.3, -0.25) is 4.90 Å². The molecule has 0 atom stereocenters. The highest BCUT2D eigenvalue weighted by Crippen LogP contribution is 2.52. The number of nitrogens with one attached hydrogen (secondary N) is 1. The van der Waals surface area contributed by atoms with Crippen LogP contribution in [0, 0.1) is 0 Å². The molecule has 1 N–H and O–H groups in total. The number of piperazine rings is 1. The van der Waals surface area contributed by atoms with E-state index < -0.39 is 11.7 Å². The predicted octanol–water partition coefficient (Wildman–Crippen LogP) is 7.39. The number of hydrogen-bond donors (Lipinski definition) is 1. The van der Waals surface area contributed by atoms with E-state index in [4.69, 9.17) is 14.5 Å². The lowest BCUT2D eigenvalue weighted by Gasteiger charge is -2.36. The molecule has 0 spiro atoms. The van der Waals surface area contributed by atoms with Crippen LogP contribution in [0.15, 0.2) is 109 Å². The normalized spacial score (nSPS) is 15.3. The first-order valence-electron chi connectivity index (χ1n) is 16.3. The molecule has 46 heavy (non-hydrogen) atoms. The van der Waals surface area contributed by atoms with Crippen LogP contribution in [-0.4, -0.2) is 55.8 Å². The standard InChI is InChI=1S/C39H40N4O3/c1-45-31-13-10-11-29(27-31)28-40-38(44)46-39(34-16-5-3-14-32(34)33-15-4-6-17-35(33)39)21-8-9-22-42-23-25-43(26-24-42)37-20-19-30-12-2-7-18-36(30)41-37/h2-7,10-20,27H,8-9,21-26,28H2,1H3,(H,40,44). The first-order chi connectivity index (χ1) is 22.6. The molecule has 0 bridgehead atoms. The summed E-state index contributed by atoms with van der Waals surface area (Å²) in [5, 5.41) is 4.17. The van der Waals surface area contributed by atoms with Crippen molar-refractivity contribution in [3.63, 3.8) is 0 Å². The molecule has 234 valence electrons. The highest BCUT2D eigenvalue weighted by Gasteiger charge is 2.46. The minimum Gasteiger partial charge on any atom is -0.497 e. The number of pyridine rings is 1. The molecule has 2 aliphatic rings. The van der Waals surface area contributed by atoms with E-state index in [1.54, 1.807) is 7.11 Å². The smallest absolute Gasteiger partial charge is 0.408 e. The maximum atomic E-state index is 13.5. The monoisotopic (exact) mass is 612 g/mol. The number of para-hydroxylation sites is 1. The summed E-state index contributed by atoms with van der Waals surface area (Å²) in [6.07, 6.45) is 2.25. The number of aromatic nitrogens is 1. The molecule has 1 aliphatic carbocycles. The van der Waals surface area contributed by atoms with Gasteiger partial charge in [-0.05, 0) is 72.8 Å². The fourth-order valence-corrected chi connectivity index (χ4v) is 7.01. The molecule has 5 aromatic rings. The van der Waals surface area contributed by atoms with Crippen molar-refractivity contribution < 1.29 is 14.3 Å². The Labute approximate surface area is 270 Å². The van der Waals surface area contributed by atoms with E-state index in [9.17, 15) is 4.79 Å². The van der Waals surface area contributed by atoms with Gasteiger partial charge in [-0.15, -0.1) is 0 Å². The average Bonchev–Trinajstić information content (AvgIpc) is 3.38. The van der Waals surface area contributed by atoms with Gasteiger partial charge in [0.1, 0.15) is 11.6 Å². The molecule has 1 aliphatic heterocycles. The number of amides is 1. The van der Waals surface area contributed by atoms with Gasteiger partial charge in [0.05, 0.1) is 12.6 Å². The summed E-state index contributed by atoms with van der Waals surface area (Å²) in [7, 11) is 1.64. The zero-order valence-corrected chi connectivity index (χ0v) is 26.3. The molecule has 1 saturated heterocycles. The van der Waals surface area contributed by atoms with Gasteiger partial charge >= 0.3 is 6.09 Å². The van der Waals surface area contributed by atoms with E-state index in [-0.39, 0.29) is 0 Å². The van der Waals surface area contributed by atoms with Gasteiger partial charge in [0.25, 0.3) is 0 Å². The molecule has 4 aromatic carbocycles. The van der Waals surface area contributed by atoms with Crippen LogP contribution < -0.4 is 15.0 Å². The van der Waals surface area contributed by atoms with Gasteiger partial charge in [-0.1, -0.05) is 78.9 Å². The van der Waals surface area contributed by atoms with E-state index in [1.165, 1.54) is 5.39 Å². The summed E-state index contributed by atoms with van der Waals surface area (Å²) in [6, 6.07) is 37.0. The number of ether oxygens (including phenoxy) is 2. The average molecular weight is 613 g/mol. The topological polar surface area (TPSA) is 66.9 Å². The van der Waals surface area contributed by atoms with Gasteiger partial charge in [-0.25, -0.2) is 9.78 Å². The van der Waals surface area contributed by atoms with Crippen LogP contribution in [-0.2, 0) is 16.9 Å². The zero-order valence-electron chi connectivity index (χ0n) is 26.3. The number of nitrogens with zero attached hydrogens (tertiary/aromatic N) is 3. The highest BCUT2D eigenvalue weighted by molar-refractivity contribution is 5.82. The van der Waals surface area contributed by atoms with Crippen molar-refractivity contribution in [2.75, 3.05) is 44.7 Å².